The van der Waals surface area contributed by atoms with Gasteiger partial charge in [-0.15, -0.1) is 11.3 Å². The number of ether oxygens (including phenoxy) is 1. The molecule has 0 saturated heterocycles. The van der Waals surface area contributed by atoms with Gasteiger partial charge in [0.2, 0.25) is 0 Å². The van der Waals surface area contributed by atoms with Crippen molar-refractivity contribution in [1.29, 1.82) is 0 Å². The molecule has 0 atom stereocenters. The highest BCUT2D eigenvalue weighted by Gasteiger charge is 2.06. The van der Waals surface area contributed by atoms with E-state index in [1.165, 1.54) is 11.3 Å². The Labute approximate surface area is 99.2 Å². The number of nitrogens with one attached hydrogen (secondary N) is 1. The van der Waals surface area contributed by atoms with E-state index < -0.39 is 5.97 Å². The van der Waals surface area contributed by atoms with Crippen molar-refractivity contribution in [2.24, 2.45) is 0 Å². The summed E-state index contributed by atoms with van der Waals surface area (Å²) in [6.45, 7) is 6.14. The van der Waals surface area contributed by atoms with Gasteiger partial charge in [-0.25, -0.2) is 4.79 Å². The van der Waals surface area contributed by atoms with Gasteiger partial charge in [0.05, 0.1) is 12.7 Å². The van der Waals surface area contributed by atoms with Crippen LogP contribution in [0.3, 0.4) is 0 Å². The molecule has 1 rings (SSSR count). The molecule has 0 radical (unpaired) electrons. The molecular formula is C11H17NO3S. The number of thiophene rings is 1. The van der Waals surface area contributed by atoms with Gasteiger partial charge in [0.25, 0.3) is 0 Å². The zero-order valence-electron chi connectivity index (χ0n) is 9.53. The van der Waals surface area contributed by atoms with E-state index in [1.807, 2.05) is 19.9 Å². The molecule has 2 N–H and O–H groups in total. The first-order valence-electron chi connectivity index (χ1n) is 5.24. The minimum absolute atomic E-state index is 0.252. The van der Waals surface area contributed by atoms with Crippen LogP contribution in [-0.2, 0) is 11.3 Å². The van der Waals surface area contributed by atoms with Crippen LogP contribution in [0.5, 0.6) is 0 Å². The number of carboxylic acid groups (broad SMARTS) is 1. The molecule has 1 aromatic heterocycles. The highest BCUT2D eigenvalue weighted by atomic mass is 32.1. The average molecular weight is 243 g/mol. The van der Waals surface area contributed by atoms with Crippen LogP contribution < -0.4 is 5.32 Å². The predicted molar refractivity (Wildman–Crippen MR) is 64.1 cm³/mol. The third kappa shape index (κ3) is 4.74. The van der Waals surface area contributed by atoms with Gasteiger partial charge in [-0.3, -0.25) is 0 Å². The summed E-state index contributed by atoms with van der Waals surface area (Å²) in [5.41, 5.74) is 0. The summed E-state index contributed by atoms with van der Waals surface area (Å²) in [7, 11) is 0. The van der Waals surface area contributed by atoms with Crippen LogP contribution in [0.15, 0.2) is 12.1 Å². The maximum Gasteiger partial charge on any atom is 0.345 e. The molecule has 0 aliphatic rings. The third-order valence-electron chi connectivity index (χ3n) is 1.90. The molecule has 0 aliphatic heterocycles. The Morgan fingerprint density at radius 1 is 1.56 bits per heavy atom. The lowest BCUT2D eigenvalue weighted by Gasteiger charge is -2.07. The van der Waals surface area contributed by atoms with E-state index in [4.69, 9.17) is 9.84 Å². The molecule has 1 heterocycles. The second-order valence-electron chi connectivity index (χ2n) is 3.67. The lowest BCUT2D eigenvalue weighted by Crippen LogP contribution is -2.20. The molecular weight excluding hydrogens is 226 g/mol. The molecule has 0 unspecified atom stereocenters. The highest BCUT2D eigenvalue weighted by molar-refractivity contribution is 7.13. The van der Waals surface area contributed by atoms with E-state index in [1.54, 1.807) is 6.07 Å². The Hall–Kier alpha value is -0.910. The zero-order valence-corrected chi connectivity index (χ0v) is 10.3. The molecule has 0 spiro atoms. The first kappa shape index (κ1) is 13.2. The lowest BCUT2D eigenvalue weighted by atomic mass is 10.4. The van der Waals surface area contributed by atoms with Crippen LogP contribution in [0.1, 0.15) is 28.4 Å². The van der Waals surface area contributed by atoms with Crippen LogP contribution in [0.25, 0.3) is 0 Å². The Bertz CT molecular complexity index is 336. The number of carboxylic acids is 1. The number of hydrogen-bond acceptors (Lipinski definition) is 4. The van der Waals surface area contributed by atoms with E-state index in [0.29, 0.717) is 18.0 Å². The largest absolute Gasteiger partial charge is 0.477 e. The van der Waals surface area contributed by atoms with E-state index in [0.717, 1.165) is 11.4 Å². The average Bonchev–Trinajstić information content (AvgIpc) is 2.65. The summed E-state index contributed by atoms with van der Waals surface area (Å²) in [5, 5.41) is 11.9. The van der Waals surface area contributed by atoms with Crippen molar-refractivity contribution in [3.05, 3.63) is 21.9 Å². The minimum atomic E-state index is -0.862. The van der Waals surface area contributed by atoms with E-state index >= 15 is 0 Å². The highest BCUT2D eigenvalue weighted by Crippen LogP contribution is 2.15. The lowest BCUT2D eigenvalue weighted by molar-refractivity contribution is 0.0702. The summed E-state index contributed by atoms with van der Waals surface area (Å²) in [5.74, 6) is -0.862. The van der Waals surface area contributed by atoms with Crippen LogP contribution in [0, 0.1) is 0 Å². The molecule has 4 nitrogen and oxygen atoms in total. The van der Waals surface area contributed by atoms with Crippen LogP contribution >= 0.6 is 11.3 Å². The second kappa shape index (κ2) is 6.62. The first-order valence-corrected chi connectivity index (χ1v) is 6.05. The molecule has 0 amide bonds. The van der Waals surface area contributed by atoms with Crippen molar-refractivity contribution in [3.63, 3.8) is 0 Å². The Kier molecular flexibility index (Phi) is 5.45. The molecule has 1 aromatic rings. The van der Waals surface area contributed by atoms with Crippen molar-refractivity contribution in [1.82, 2.24) is 5.32 Å². The Balaban J connectivity index is 2.19. The van der Waals surface area contributed by atoms with E-state index in [2.05, 4.69) is 5.32 Å². The number of rotatable bonds is 7. The molecule has 90 valence electrons. The van der Waals surface area contributed by atoms with Gasteiger partial charge in [0.1, 0.15) is 4.88 Å². The van der Waals surface area contributed by atoms with Crippen molar-refractivity contribution in [2.75, 3.05) is 13.2 Å². The fourth-order valence-electron chi connectivity index (χ4n) is 1.17. The molecule has 5 heteroatoms. The summed E-state index contributed by atoms with van der Waals surface area (Å²) >= 11 is 1.30. The number of aromatic carboxylic acids is 1. The number of carbonyl (C=O) groups is 1. The normalized spacial score (nSPS) is 10.9. The molecule has 0 bridgehead atoms. The molecule has 0 aliphatic carbocycles. The first-order chi connectivity index (χ1) is 7.59. The minimum Gasteiger partial charge on any atom is -0.477 e. The molecule has 0 aromatic carbocycles. The van der Waals surface area contributed by atoms with Gasteiger partial charge in [0, 0.05) is 18.0 Å². The monoisotopic (exact) mass is 243 g/mol. The fraction of sp³-hybridized carbons (Fsp3) is 0.545. The SMILES string of the molecule is CC(C)OCCNCc1ccc(C(=O)O)s1. The summed E-state index contributed by atoms with van der Waals surface area (Å²) in [6, 6.07) is 3.47. The van der Waals surface area contributed by atoms with Gasteiger partial charge in [0.15, 0.2) is 0 Å². The van der Waals surface area contributed by atoms with Crippen molar-refractivity contribution in [3.8, 4) is 0 Å². The molecule has 16 heavy (non-hydrogen) atoms. The topological polar surface area (TPSA) is 58.6 Å². The van der Waals surface area contributed by atoms with E-state index in [-0.39, 0.29) is 6.10 Å². The zero-order chi connectivity index (χ0) is 12.0. The van der Waals surface area contributed by atoms with Gasteiger partial charge in [-0.2, -0.15) is 0 Å². The smallest absolute Gasteiger partial charge is 0.345 e. The third-order valence-corrected chi connectivity index (χ3v) is 2.97. The summed E-state index contributed by atoms with van der Waals surface area (Å²) in [6.07, 6.45) is 0.252. The van der Waals surface area contributed by atoms with Crippen LogP contribution in [0.4, 0.5) is 0 Å². The van der Waals surface area contributed by atoms with Gasteiger partial charge in [-0.05, 0) is 26.0 Å². The van der Waals surface area contributed by atoms with Crippen LogP contribution in [-0.4, -0.2) is 30.3 Å². The Morgan fingerprint density at radius 2 is 2.31 bits per heavy atom. The quantitative estimate of drug-likeness (QED) is 0.719. The maximum absolute atomic E-state index is 10.6. The van der Waals surface area contributed by atoms with Crippen molar-refractivity contribution >= 4 is 17.3 Å². The summed E-state index contributed by atoms with van der Waals surface area (Å²) in [4.78, 5) is 12.0. The summed E-state index contributed by atoms with van der Waals surface area (Å²) < 4.78 is 5.37. The second-order valence-corrected chi connectivity index (χ2v) is 4.84. The van der Waals surface area contributed by atoms with Crippen molar-refractivity contribution < 1.29 is 14.6 Å². The Morgan fingerprint density at radius 3 is 2.88 bits per heavy atom. The fourth-order valence-corrected chi connectivity index (χ4v) is 1.98. The van der Waals surface area contributed by atoms with Gasteiger partial charge < -0.3 is 15.2 Å². The number of hydrogen-bond donors (Lipinski definition) is 2. The molecule has 0 saturated carbocycles. The van der Waals surface area contributed by atoms with Gasteiger partial charge >= 0.3 is 5.97 Å². The van der Waals surface area contributed by atoms with Gasteiger partial charge in [-0.1, -0.05) is 0 Å². The molecule has 0 fully saturated rings. The maximum atomic E-state index is 10.6. The predicted octanol–water partition coefficient (Wildman–Crippen LogP) is 1.96. The standard InChI is InChI=1S/C11H17NO3S/c1-8(2)15-6-5-12-7-9-3-4-10(16-9)11(13)14/h3-4,8,12H,5-7H2,1-2H3,(H,13,14). The van der Waals surface area contributed by atoms with E-state index in [9.17, 15) is 4.79 Å². The van der Waals surface area contributed by atoms with Crippen molar-refractivity contribution in [2.45, 2.75) is 26.5 Å². The van der Waals surface area contributed by atoms with Crippen LogP contribution in [0.2, 0.25) is 0 Å².